The molecule has 0 aliphatic heterocycles. The summed E-state index contributed by atoms with van der Waals surface area (Å²) in [4.78, 5) is 12.3. The second-order valence-corrected chi connectivity index (χ2v) is 5.47. The molecule has 1 amide bonds. The van der Waals surface area contributed by atoms with Gasteiger partial charge in [0.2, 0.25) is 0 Å². The Morgan fingerprint density at radius 1 is 1.14 bits per heavy atom. The molecule has 2 aromatic rings. The molecule has 0 aliphatic carbocycles. The number of ether oxygens (including phenoxy) is 2. The number of amides is 1. The third kappa shape index (κ3) is 3.68. The number of halogens is 2. The molecule has 0 saturated heterocycles. The smallest absolute Gasteiger partial charge is 0.255 e. The van der Waals surface area contributed by atoms with Crippen molar-refractivity contribution < 1.29 is 14.3 Å². The topological polar surface area (TPSA) is 47.6 Å². The molecule has 0 saturated carbocycles. The summed E-state index contributed by atoms with van der Waals surface area (Å²) in [6.45, 7) is 0. The van der Waals surface area contributed by atoms with Crippen LogP contribution in [0.3, 0.4) is 0 Å². The number of nitrogens with one attached hydrogen (secondary N) is 1. The molecule has 0 atom stereocenters. The van der Waals surface area contributed by atoms with Crippen molar-refractivity contribution in [1.29, 1.82) is 0 Å². The van der Waals surface area contributed by atoms with E-state index >= 15 is 0 Å². The molecule has 0 fully saturated rings. The van der Waals surface area contributed by atoms with E-state index in [0.29, 0.717) is 27.8 Å². The van der Waals surface area contributed by atoms with Crippen LogP contribution in [0.5, 0.6) is 11.5 Å². The van der Waals surface area contributed by atoms with Gasteiger partial charge in [-0.15, -0.1) is 0 Å². The van der Waals surface area contributed by atoms with Gasteiger partial charge in [0, 0.05) is 22.2 Å². The number of carbonyl (C=O) groups is 1. The first-order chi connectivity index (χ1) is 10.0. The van der Waals surface area contributed by atoms with Gasteiger partial charge in [0.1, 0.15) is 11.5 Å². The zero-order chi connectivity index (χ0) is 15.4. The standard InChI is InChI=1S/C15H13BrClNO3/c1-20-13-8-12(14(21-2)7-11(13)17)18-15(19)9-4-3-5-10(16)6-9/h3-8H,1-2H3,(H,18,19). The van der Waals surface area contributed by atoms with Crippen molar-refractivity contribution in [3.63, 3.8) is 0 Å². The lowest BCUT2D eigenvalue weighted by atomic mass is 10.2. The third-order valence-electron chi connectivity index (χ3n) is 2.81. The summed E-state index contributed by atoms with van der Waals surface area (Å²) in [5.74, 6) is 0.671. The minimum atomic E-state index is -0.251. The number of rotatable bonds is 4. The van der Waals surface area contributed by atoms with Crippen LogP contribution in [0, 0.1) is 0 Å². The average molecular weight is 371 g/mol. The first-order valence-electron chi connectivity index (χ1n) is 6.03. The van der Waals surface area contributed by atoms with E-state index in [4.69, 9.17) is 21.1 Å². The van der Waals surface area contributed by atoms with Crippen LogP contribution in [0.2, 0.25) is 5.02 Å². The molecule has 0 heterocycles. The van der Waals surface area contributed by atoms with E-state index in [0.717, 1.165) is 4.47 Å². The van der Waals surface area contributed by atoms with Crippen LogP contribution in [0.4, 0.5) is 5.69 Å². The van der Waals surface area contributed by atoms with Gasteiger partial charge >= 0.3 is 0 Å². The van der Waals surface area contributed by atoms with Gasteiger partial charge in [-0.1, -0.05) is 33.6 Å². The maximum atomic E-state index is 12.3. The summed E-state index contributed by atoms with van der Waals surface area (Å²) in [7, 11) is 3.01. The van der Waals surface area contributed by atoms with Gasteiger partial charge in [-0.3, -0.25) is 4.79 Å². The zero-order valence-corrected chi connectivity index (χ0v) is 13.8. The molecule has 0 radical (unpaired) electrons. The molecule has 0 aromatic heterocycles. The monoisotopic (exact) mass is 369 g/mol. The number of hydrogen-bond acceptors (Lipinski definition) is 3. The quantitative estimate of drug-likeness (QED) is 0.869. The maximum absolute atomic E-state index is 12.3. The molecule has 21 heavy (non-hydrogen) atoms. The molecule has 0 aliphatic rings. The fourth-order valence-corrected chi connectivity index (χ4v) is 2.41. The molecule has 0 spiro atoms. The highest BCUT2D eigenvalue weighted by Gasteiger charge is 2.13. The van der Waals surface area contributed by atoms with Gasteiger partial charge in [-0.2, -0.15) is 0 Å². The molecule has 4 nitrogen and oxygen atoms in total. The first kappa shape index (κ1) is 15.7. The first-order valence-corrected chi connectivity index (χ1v) is 7.20. The molecular weight excluding hydrogens is 358 g/mol. The predicted octanol–water partition coefficient (Wildman–Crippen LogP) is 4.37. The lowest BCUT2D eigenvalue weighted by Gasteiger charge is -2.13. The third-order valence-corrected chi connectivity index (χ3v) is 3.60. The van der Waals surface area contributed by atoms with Crippen LogP contribution in [-0.2, 0) is 0 Å². The molecule has 110 valence electrons. The SMILES string of the molecule is COc1cc(NC(=O)c2cccc(Br)c2)c(OC)cc1Cl. The average Bonchev–Trinajstić information content (AvgIpc) is 2.48. The molecule has 6 heteroatoms. The molecular formula is C15H13BrClNO3. The highest BCUT2D eigenvalue weighted by atomic mass is 79.9. The minimum Gasteiger partial charge on any atom is -0.495 e. The minimum absolute atomic E-state index is 0.251. The predicted molar refractivity (Wildman–Crippen MR) is 86.7 cm³/mol. The Hall–Kier alpha value is -1.72. The van der Waals surface area contributed by atoms with Crippen molar-refractivity contribution in [3.8, 4) is 11.5 Å². The Labute approximate surface area is 136 Å². The summed E-state index contributed by atoms with van der Waals surface area (Å²) in [6, 6.07) is 10.3. The molecule has 0 unspecified atom stereocenters. The summed E-state index contributed by atoms with van der Waals surface area (Å²) in [5, 5.41) is 3.20. The molecule has 2 rings (SSSR count). The number of carbonyl (C=O) groups excluding carboxylic acids is 1. The van der Waals surface area contributed by atoms with Crippen LogP contribution in [0.1, 0.15) is 10.4 Å². The number of hydrogen-bond donors (Lipinski definition) is 1. The van der Waals surface area contributed by atoms with E-state index in [1.165, 1.54) is 14.2 Å². The summed E-state index contributed by atoms with van der Waals surface area (Å²) in [6.07, 6.45) is 0. The summed E-state index contributed by atoms with van der Waals surface area (Å²) < 4.78 is 11.2. The van der Waals surface area contributed by atoms with Crippen LogP contribution in [0.25, 0.3) is 0 Å². The van der Waals surface area contributed by atoms with Crippen LogP contribution < -0.4 is 14.8 Å². The second kappa shape index (κ2) is 6.83. The van der Waals surface area contributed by atoms with Gasteiger partial charge < -0.3 is 14.8 Å². The van der Waals surface area contributed by atoms with Gasteiger partial charge in [-0.05, 0) is 18.2 Å². The fourth-order valence-electron chi connectivity index (χ4n) is 1.78. The normalized spacial score (nSPS) is 10.1. The maximum Gasteiger partial charge on any atom is 0.255 e. The highest BCUT2D eigenvalue weighted by molar-refractivity contribution is 9.10. The Kier molecular flexibility index (Phi) is 5.09. The van der Waals surface area contributed by atoms with E-state index in [1.54, 1.807) is 30.3 Å². The van der Waals surface area contributed by atoms with Crippen molar-refractivity contribution in [1.82, 2.24) is 0 Å². The van der Waals surface area contributed by atoms with Gasteiger partial charge in [0.05, 0.1) is 24.9 Å². The lowest BCUT2D eigenvalue weighted by molar-refractivity contribution is 0.102. The highest BCUT2D eigenvalue weighted by Crippen LogP contribution is 2.36. The van der Waals surface area contributed by atoms with E-state index in [-0.39, 0.29) is 5.91 Å². The van der Waals surface area contributed by atoms with Crippen molar-refractivity contribution >= 4 is 39.1 Å². The summed E-state index contributed by atoms with van der Waals surface area (Å²) in [5.41, 5.74) is 1.02. The van der Waals surface area contributed by atoms with Crippen molar-refractivity contribution in [2.24, 2.45) is 0 Å². The van der Waals surface area contributed by atoms with E-state index in [9.17, 15) is 4.79 Å². The Bertz CT molecular complexity index is 676. The Morgan fingerprint density at radius 3 is 2.48 bits per heavy atom. The van der Waals surface area contributed by atoms with E-state index in [1.807, 2.05) is 6.07 Å². The zero-order valence-electron chi connectivity index (χ0n) is 11.4. The molecule has 2 aromatic carbocycles. The van der Waals surface area contributed by atoms with E-state index < -0.39 is 0 Å². The second-order valence-electron chi connectivity index (χ2n) is 4.15. The van der Waals surface area contributed by atoms with Gasteiger partial charge in [-0.25, -0.2) is 0 Å². The largest absolute Gasteiger partial charge is 0.495 e. The Morgan fingerprint density at radius 2 is 1.86 bits per heavy atom. The number of methoxy groups -OCH3 is 2. The number of anilines is 1. The van der Waals surface area contributed by atoms with Gasteiger partial charge in [0.25, 0.3) is 5.91 Å². The van der Waals surface area contributed by atoms with Crippen molar-refractivity contribution in [3.05, 3.63) is 51.5 Å². The van der Waals surface area contributed by atoms with Crippen LogP contribution in [-0.4, -0.2) is 20.1 Å². The van der Waals surface area contributed by atoms with E-state index in [2.05, 4.69) is 21.2 Å². The van der Waals surface area contributed by atoms with Crippen LogP contribution >= 0.6 is 27.5 Å². The van der Waals surface area contributed by atoms with Crippen molar-refractivity contribution in [2.75, 3.05) is 19.5 Å². The fraction of sp³-hybridized carbons (Fsp3) is 0.133. The summed E-state index contributed by atoms with van der Waals surface area (Å²) >= 11 is 9.36. The van der Waals surface area contributed by atoms with Gasteiger partial charge in [0.15, 0.2) is 0 Å². The molecule has 0 bridgehead atoms. The molecule has 1 N–H and O–H groups in total. The van der Waals surface area contributed by atoms with Crippen LogP contribution in [0.15, 0.2) is 40.9 Å². The Balaban J connectivity index is 2.32. The number of benzene rings is 2. The lowest BCUT2D eigenvalue weighted by Crippen LogP contribution is -2.12. The van der Waals surface area contributed by atoms with Crippen molar-refractivity contribution in [2.45, 2.75) is 0 Å².